The highest BCUT2D eigenvalue weighted by molar-refractivity contribution is 4.65. The molecule has 0 radical (unpaired) electrons. The average Bonchev–Trinajstić information content (AvgIpc) is 2.19. The maximum atomic E-state index is 9.26. The van der Waals surface area contributed by atoms with Crippen molar-refractivity contribution in [2.75, 3.05) is 13.2 Å². The van der Waals surface area contributed by atoms with Gasteiger partial charge in [0.2, 0.25) is 0 Å². The number of rotatable bonds is 5. The van der Waals surface area contributed by atoms with Gasteiger partial charge >= 0.3 is 0 Å². The van der Waals surface area contributed by atoms with Crippen molar-refractivity contribution >= 4 is 0 Å². The molecule has 2 nitrogen and oxygen atoms in total. The van der Waals surface area contributed by atoms with Crippen molar-refractivity contribution in [2.45, 2.75) is 51.6 Å². The van der Waals surface area contributed by atoms with Gasteiger partial charge in [0.15, 0.2) is 0 Å². The Morgan fingerprint density at radius 1 is 1.31 bits per heavy atom. The number of hydrogen-bond donors (Lipinski definition) is 1. The van der Waals surface area contributed by atoms with E-state index >= 15 is 0 Å². The molecule has 1 atom stereocenters. The highest BCUT2D eigenvalue weighted by Crippen LogP contribution is 2.23. The Kier molecular flexibility index (Phi) is 5.40. The third-order valence-electron chi connectivity index (χ3n) is 2.86. The quantitative estimate of drug-likeness (QED) is 0.714. The number of aliphatic hydroxyl groups is 1. The molecule has 1 unspecified atom stereocenters. The number of ether oxygens (including phenoxy) is 1. The molecule has 0 aromatic rings. The molecule has 0 bridgehead atoms. The summed E-state index contributed by atoms with van der Waals surface area (Å²) >= 11 is 0. The molecule has 0 aliphatic heterocycles. The minimum atomic E-state index is -0.261. The molecule has 0 saturated heterocycles. The largest absolute Gasteiger partial charge is 0.391 e. The lowest BCUT2D eigenvalue weighted by atomic mass is 9.90. The Morgan fingerprint density at radius 2 is 2.00 bits per heavy atom. The maximum Gasteiger partial charge on any atom is 0.0771 e. The fourth-order valence-corrected chi connectivity index (χ4v) is 1.84. The summed E-state index contributed by atoms with van der Waals surface area (Å²) in [4.78, 5) is 0. The molecular weight excluding hydrogens is 164 g/mol. The summed E-state index contributed by atoms with van der Waals surface area (Å²) in [7, 11) is 0. The van der Waals surface area contributed by atoms with Gasteiger partial charge in [-0.2, -0.15) is 0 Å². The average molecular weight is 186 g/mol. The highest BCUT2D eigenvalue weighted by Gasteiger charge is 2.13. The second-order valence-electron chi connectivity index (χ2n) is 4.10. The van der Waals surface area contributed by atoms with Gasteiger partial charge in [-0.15, -0.1) is 0 Å². The monoisotopic (exact) mass is 186 g/mol. The van der Waals surface area contributed by atoms with Crippen LogP contribution in [0.4, 0.5) is 0 Å². The molecule has 0 spiro atoms. The zero-order valence-electron chi connectivity index (χ0n) is 8.67. The third-order valence-corrected chi connectivity index (χ3v) is 2.86. The highest BCUT2D eigenvalue weighted by atomic mass is 16.5. The van der Waals surface area contributed by atoms with E-state index in [2.05, 4.69) is 0 Å². The summed E-state index contributed by atoms with van der Waals surface area (Å²) in [5.41, 5.74) is 0. The van der Waals surface area contributed by atoms with E-state index in [0.29, 0.717) is 6.61 Å². The molecule has 1 fully saturated rings. The van der Waals surface area contributed by atoms with E-state index in [1.54, 1.807) is 0 Å². The smallest absolute Gasteiger partial charge is 0.0771 e. The number of hydrogen-bond acceptors (Lipinski definition) is 2. The van der Waals surface area contributed by atoms with Gasteiger partial charge < -0.3 is 9.84 Å². The second kappa shape index (κ2) is 6.39. The van der Waals surface area contributed by atoms with Crippen LogP contribution < -0.4 is 0 Å². The topological polar surface area (TPSA) is 29.5 Å². The van der Waals surface area contributed by atoms with Crippen LogP contribution in [0.2, 0.25) is 0 Å². The van der Waals surface area contributed by atoms with E-state index in [-0.39, 0.29) is 6.10 Å². The van der Waals surface area contributed by atoms with Crippen molar-refractivity contribution in [3.8, 4) is 0 Å². The van der Waals surface area contributed by atoms with Gasteiger partial charge in [0.05, 0.1) is 12.7 Å². The van der Waals surface area contributed by atoms with E-state index in [4.69, 9.17) is 4.74 Å². The van der Waals surface area contributed by atoms with Gasteiger partial charge in [-0.05, 0) is 25.2 Å². The molecule has 1 N–H and O–H groups in total. The van der Waals surface area contributed by atoms with Crippen LogP contribution in [0.3, 0.4) is 0 Å². The first-order valence-electron chi connectivity index (χ1n) is 5.58. The van der Waals surface area contributed by atoms with Crippen molar-refractivity contribution in [3.05, 3.63) is 0 Å². The normalized spacial score (nSPS) is 21.7. The molecule has 0 aromatic heterocycles. The molecule has 1 aliphatic rings. The first-order chi connectivity index (χ1) is 6.33. The first-order valence-corrected chi connectivity index (χ1v) is 5.58. The van der Waals surface area contributed by atoms with Crippen LogP contribution in [0.5, 0.6) is 0 Å². The third kappa shape index (κ3) is 4.63. The zero-order chi connectivity index (χ0) is 9.52. The van der Waals surface area contributed by atoms with Gasteiger partial charge in [-0.1, -0.05) is 26.2 Å². The Morgan fingerprint density at radius 3 is 2.62 bits per heavy atom. The van der Waals surface area contributed by atoms with Gasteiger partial charge in [0.25, 0.3) is 0 Å². The first kappa shape index (κ1) is 11.0. The Bertz CT molecular complexity index is 119. The molecule has 2 heteroatoms. The van der Waals surface area contributed by atoms with E-state index < -0.39 is 0 Å². The standard InChI is InChI=1S/C11H22O2/c1-2-11(12)9-13-8-10-6-4-3-5-7-10/h10-12H,2-9H2,1H3. The van der Waals surface area contributed by atoms with Gasteiger partial charge in [0, 0.05) is 6.61 Å². The summed E-state index contributed by atoms with van der Waals surface area (Å²) in [5, 5.41) is 9.26. The van der Waals surface area contributed by atoms with Gasteiger partial charge in [-0.3, -0.25) is 0 Å². The maximum absolute atomic E-state index is 9.26. The summed E-state index contributed by atoms with van der Waals surface area (Å²) in [5.74, 6) is 0.762. The van der Waals surface area contributed by atoms with Crippen molar-refractivity contribution in [2.24, 2.45) is 5.92 Å². The fraction of sp³-hybridized carbons (Fsp3) is 1.00. The van der Waals surface area contributed by atoms with Crippen LogP contribution in [-0.4, -0.2) is 24.4 Å². The SMILES string of the molecule is CCC(O)COCC1CCCCC1. The molecule has 13 heavy (non-hydrogen) atoms. The lowest BCUT2D eigenvalue weighted by Gasteiger charge is -2.21. The van der Waals surface area contributed by atoms with Crippen molar-refractivity contribution in [1.29, 1.82) is 0 Å². The van der Waals surface area contributed by atoms with E-state index in [1.165, 1.54) is 32.1 Å². The molecule has 0 aromatic carbocycles. The Labute approximate surface area is 81.3 Å². The molecule has 0 amide bonds. The lowest BCUT2D eigenvalue weighted by molar-refractivity contribution is 0.0142. The molecular formula is C11H22O2. The molecule has 1 saturated carbocycles. The summed E-state index contributed by atoms with van der Waals surface area (Å²) in [6.07, 6.45) is 7.31. The van der Waals surface area contributed by atoms with Gasteiger partial charge in [0.1, 0.15) is 0 Å². The van der Waals surface area contributed by atoms with Crippen LogP contribution in [0.25, 0.3) is 0 Å². The summed E-state index contributed by atoms with van der Waals surface area (Å²) in [6, 6.07) is 0. The van der Waals surface area contributed by atoms with Crippen molar-refractivity contribution in [1.82, 2.24) is 0 Å². The molecule has 0 heterocycles. The van der Waals surface area contributed by atoms with E-state index in [1.807, 2.05) is 6.92 Å². The minimum Gasteiger partial charge on any atom is -0.391 e. The fourth-order valence-electron chi connectivity index (χ4n) is 1.84. The molecule has 1 rings (SSSR count). The van der Waals surface area contributed by atoms with E-state index in [9.17, 15) is 5.11 Å². The predicted octanol–water partition coefficient (Wildman–Crippen LogP) is 2.35. The van der Waals surface area contributed by atoms with Crippen LogP contribution in [0.1, 0.15) is 45.4 Å². The van der Waals surface area contributed by atoms with Crippen LogP contribution in [0.15, 0.2) is 0 Å². The molecule has 78 valence electrons. The lowest BCUT2D eigenvalue weighted by Crippen LogP contribution is -2.19. The van der Waals surface area contributed by atoms with Crippen molar-refractivity contribution < 1.29 is 9.84 Å². The predicted molar refractivity (Wildman–Crippen MR) is 53.7 cm³/mol. The minimum absolute atomic E-state index is 0.261. The zero-order valence-corrected chi connectivity index (χ0v) is 8.67. The summed E-state index contributed by atoms with van der Waals surface area (Å²) in [6.45, 7) is 3.36. The van der Waals surface area contributed by atoms with Crippen LogP contribution >= 0.6 is 0 Å². The Balaban J connectivity index is 1.98. The van der Waals surface area contributed by atoms with Crippen molar-refractivity contribution in [3.63, 3.8) is 0 Å². The van der Waals surface area contributed by atoms with Crippen LogP contribution in [-0.2, 0) is 4.74 Å². The van der Waals surface area contributed by atoms with E-state index in [0.717, 1.165) is 18.9 Å². The van der Waals surface area contributed by atoms with Crippen LogP contribution in [0, 0.1) is 5.92 Å². The molecule has 1 aliphatic carbocycles. The second-order valence-corrected chi connectivity index (χ2v) is 4.10. The Hall–Kier alpha value is -0.0800. The number of aliphatic hydroxyl groups excluding tert-OH is 1. The summed E-state index contributed by atoms with van der Waals surface area (Å²) < 4.78 is 5.48. The van der Waals surface area contributed by atoms with Gasteiger partial charge in [-0.25, -0.2) is 0 Å².